The number of rotatable bonds is 11. The molecule has 2 aliphatic rings. The van der Waals surface area contributed by atoms with Gasteiger partial charge in [-0.2, -0.15) is 5.26 Å². The molecule has 0 spiro atoms. The van der Waals surface area contributed by atoms with Crippen LogP contribution in [-0.4, -0.2) is 42.1 Å². The highest BCUT2D eigenvalue weighted by Crippen LogP contribution is 2.37. The van der Waals surface area contributed by atoms with E-state index in [1.807, 2.05) is 55.5 Å². The second-order valence-electron chi connectivity index (χ2n) is 10.9. The molecule has 3 atom stereocenters. The van der Waals surface area contributed by atoms with Crippen LogP contribution in [0, 0.1) is 17.2 Å². The fraction of sp³-hybridized carbons (Fsp3) is 0.516. The zero-order valence-corrected chi connectivity index (χ0v) is 22.7. The molecule has 38 heavy (non-hydrogen) atoms. The monoisotopic (exact) mass is 517 g/mol. The van der Waals surface area contributed by atoms with Gasteiger partial charge in [0.2, 0.25) is 18.6 Å². The van der Waals surface area contributed by atoms with Crippen LogP contribution >= 0.6 is 0 Å². The molecule has 1 N–H and O–H groups in total. The highest BCUT2D eigenvalue weighted by molar-refractivity contribution is 5.88. The van der Waals surface area contributed by atoms with Gasteiger partial charge in [-0.15, -0.1) is 0 Å². The molecule has 0 bridgehead atoms. The van der Waals surface area contributed by atoms with Crippen LogP contribution in [0.2, 0.25) is 0 Å². The van der Waals surface area contributed by atoms with E-state index in [2.05, 4.69) is 25.2 Å². The van der Waals surface area contributed by atoms with Crippen LogP contribution < -0.4 is 14.8 Å². The minimum atomic E-state index is -0.561. The third-order valence-electron chi connectivity index (χ3n) is 7.93. The van der Waals surface area contributed by atoms with Crippen molar-refractivity contribution in [2.24, 2.45) is 5.92 Å². The molecule has 1 unspecified atom stereocenters. The lowest BCUT2D eigenvalue weighted by atomic mass is 9.69. The summed E-state index contributed by atoms with van der Waals surface area (Å²) in [4.78, 5) is 27.9. The van der Waals surface area contributed by atoms with Gasteiger partial charge in [-0.25, -0.2) is 0 Å². The maximum atomic E-state index is 13.1. The number of hydrogen-bond acceptors (Lipinski definition) is 5. The average molecular weight is 518 g/mol. The van der Waals surface area contributed by atoms with Gasteiger partial charge in [0.1, 0.15) is 6.04 Å². The molecule has 202 valence electrons. The van der Waals surface area contributed by atoms with Gasteiger partial charge in [-0.05, 0) is 68.2 Å². The second-order valence-corrected chi connectivity index (χ2v) is 10.9. The molecule has 1 fully saturated rings. The van der Waals surface area contributed by atoms with Crippen molar-refractivity contribution < 1.29 is 19.1 Å². The number of nitrogens with zero attached hydrogens (tertiary/aromatic N) is 2. The van der Waals surface area contributed by atoms with Gasteiger partial charge in [-0.1, -0.05) is 56.7 Å². The fourth-order valence-electron chi connectivity index (χ4n) is 5.72. The molecule has 7 nitrogen and oxygen atoms in total. The number of amides is 2. The predicted octanol–water partition coefficient (Wildman–Crippen LogP) is 5.13. The molecule has 2 aromatic carbocycles. The second kappa shape index (κ2) is 12.3. The number of fused-ring (bicyclic) bond motifs is 1. The molecule has 4 rings (SSSR count). The van der Waals surface area contributed by atoms with Gasteiger partial charge in [0.05, 0.1) is 11.5 Å². The number of hydrogen-bond donors (Lipinski definition) is 1. The summed E-state index contributed by atoms with van der Waals surface area (Å²) in [6.07, 6.45) is 4.77. The minimum absolute atomic E-state index is 0.0258. The maximum absolute atomic E-state index is 13.1. The highest BCUT2D eigenvalue weighted by Gasteiger charge is 2.36. The van der Waals surface area contributed by atoms with Gasteiger partial charge in [0, 0.05) is 19.0 Å². The molecule has 7 heteroatoms. The number of nitriles is 1. The van der Waals surface area contributed by atoms with E-state index in [4.69, 9.17) is 9.47 Å². The molecule has 0 aromatic heterocycles. The SMILES string of the molecule is CC(Cc1ccc2c(c1)OCO2)NC(=O)[C@H]1CCCN1C(=O)CCCC[C@@](C#N)(c1ccccc1)C(C)C. The van der Waals surface area contributed by atoms with Crippen LogP contribution in [0.1, 0.15) is 70.4 Å². The Balaban J connectivity index is 1.27. The molecule has 2 amide bonds. The van der Waals surface area contributed by atoms with Gasteiger partial charge >= 0.3 is 0 Å². The van der Waals surface area contributed by atoms with Gasteiger partial charge in [0.25, 0.3) is 0 Å². The third-order valence-corrected chi connectivity index (χ3v) is 7.93. The van der Waals surface area contributed by atoms with Crippen LogP contribution in [0.25, 0.3) is 0 Å². The Morgan fingerprint density at radius 3 is 2.61 bits per heavy atom. The molecule has 2 aliphatic heterocycles. The topological polar surface area (TPSA) is 91.7 Å². The first-order valence-corrected chi connectivity index (χ1v) is 13.8. The summed E-state index contributed by atoms with van der Waals surface area (Å²) in [7, 11) is 0. The van der Waals surface area contributed by atoms with Crippen molar-refractivity contribution in [1.82, 2.24) is 10.2 Å². The Hall–Kier alpha value is -3.53. The molecule has 2 aromatic rings. The maximum Gasteiger partial charge on any atom is 0.243 e. The Kier molecular flexibility index (Phi) is 8.93. The first-order chi connectivity index (χ1) is 18.3. The lowest BCUT2D eigenvalue weighted by Crippen LogP contribution is -2.48. The fourth-order valence-corrected chi connectivity index (χ4v) is 5.72. The van der Waals surface area contributed by atoms with Crippen molar-refractivity contribution in [2.45, 2.75) is 83.2 Å². The van der Waals surface area contributed by atoms with Crippen LogP contribution in [0.5, 0.6) is 11.5 Å². The van der Waals surface area contributed by atoms with Crippen LogP contribution in [0.3, 0.4) is 0 Å². The summed E-state index contributed by atoms with van der Waals surface area (Å²) in [5, 5.41) is 13.2. The van der Waals surface area contributed by atoms with Gasteiger partial charge in [-0.3, -0.25) is 9.59 Å². The number of carbonyl (C=O) groups is 2. The smallest absolute Gasteiger partial charge is 0.243 e. The molecule has 1 saturated heterocycles. The number of nitrogens with one attached hydrogen (secondary N) is 1. The summed E-state index contributed by atoms with van der Waals surface area (Å²) >= 11 is 0. The van der Waals surface area contributed by atoms with Crippen LogP contribution in [0.4, 0.5) is 0 Å². The number of unbranched alkanes of at least 4 members (excludes halogenated alkanes) is 1. The van der Waals surface area contributed by atoms with E-state index in [1.165, 1.54) is 0 Å². The van der Waals surface area contributed by atoms with Crippen molar-refractivity contribution in [3.63, 3.8) is 0 Å². The van der Waals surface area contributed by atoms with Crippen molar-refractivity contribution in [3.05, 3.63) is 59.7 Å². The largest absolute Gasteiger partial charge is 0.454 e. The van der Waals surface area contributed by atoms with Crippen LogP contribution in [0.15, 0.2) is 48.5 Å². The van der Waals surface area contributed by atoms with E-state index in [0.717, 1.165) is 35.5 Å². The lowest BCUT2D eigenvalue weighted by molar-refractivity contribution is -0.138. The standard InChI is InChI=1S/C31H39N3O4/c1-22(2)31(20-32,25-10-5-4-6-11-25)16-8-7-13-29(35)34-17-9-12-26(34)30(36)33-23(3)18-24-14-15-27-28(19-24)38-21-37-27/h4-6,10-11,14-15,19,22-23,26H,7-9,12-13,16-18,21H2,1-3H3,(H,33,36)/t23?,26-,31+/m1/s1. The first-order valence-electron chi connectivity index (χ1n) is 13.8. The van der Waals surface area contributed by atoms with Crippen molar-refractivity contribution in [1.29, 1.82) is 5.26 Å². The third kappa shape index (κ3) is 6.12. The van der Waals surface area contributed by atoms with E-state index in [0.29, 0.717) is 38.6 Å². The van der Waals surface area contributed by atoms with E-state index >= 15 is 0 Å². The number of ether oxygens (including phenoxy) is 2. The highest BCUT2D eigenvalue weighted by atomic mass is 16.7. The van der Waals surface area contributed by atoms with E-state index in [-0.39, 0.29) is 30.6 Å². The summed E-state index contributed by atoms with van der Waals surface area (Å²) < 4.78 is 10.8. The zero-order chi connectivity index (χ0) is 27.1. The number of carbonyl (C=O) groups excluding carboxylic acids is 2. The summed E-state index contributed by atoms with van der Waals surface area (Å²) in [6, 6.07) is 17.9. The zero-order valence-electron chi connectivity index (χ0n) is 22.7. The summed E-state index contributed by atoms with van der Waals surface area (Å²) in [5.41, 5.74) is 1.54. The van der Waals surface area contributed by atoms with Crippen molar-refractivity contribution in [2.75, 3.05) is 13.3 Å². The summed E-state index contributed by atoms with van der Waals surface area (Å²) in [6.45, 7) is 7.00. The Morgan fingerprint density at radius 1 is 1.11 bits per heavy atom. The normalized spacial score (nSPS) is 18.6. The summed E-state index contributed by atoms with van der Waals surface area (Å²) in [5.74, 6) is 1.58. The molecular weight excluding hydrogens is 478 g/mol. The van der Waals surface area contributed by atoms with E-state index in [1.54, 1.807) is 4.90 Å². The van der Waals surface area contributed by atoms with E-state index < -0.39 is 11.5 Å². The van der Waals surface area contributed by atoms with Crippen molar-refractivity contribution in [3.8, 4) is 17.6 Å². The molecular formula is C31H39N3O4. The average Bonchev–Trinajstić information content (AvgIpc) is 3.59. The quantitative estimate of drug-likeness (QED) is 0.417. The van der Waals surface area contributed by atoms with Crippen molar-refractivity contribution >= 4 is 11.8 Å². The number of likely N-dealkylation sites (tertiary alicyclic amines) is 1. The van der Waals surface area contributed by atoms with Gasteiger partial charge in [0.15, 0.2) is 11.5 Å². The molecule has 0 radical (unpaired) electrons. The lowest BCUT2D eigenvalue weighted by Gasteiger charge is -2.31. The molecule has 0 aliphatic carbocycles. The van der Waals surface area contributed by atoms with E-state index in [9.17, 15) is 14.9 Å². The molecule has 2 heterocycles. The number of benzene rings is 2. The predicted molar refractivity (Wildman–Crippen MR) is 146 cm³/mol. The Labute approximate surface area is 226 Å². The minimum Gasteiger partial charge on any atom is -0.454 e. The Morgan fingerprint density at radius 2 is 1.87 bits per heavy atom. The molecule has 0 saturated carbocycles. The first kappa shape index (κ1) is 27.5. The van der Waals surface area contributed by atoms with Gasteiger partial charge < -0.3 is 19.7 Å². The van der Waals surface area contributed by atoms with Crippen LogP contribution in [-0.2, 0) is 21.4 Å². The Bertz CT molecular complexity index is 1160.